The van der Waals surface area contributed by atoms with Crippen molar-refractivity contribution in [1.29, 1.82) is 0 Å². The molecular formula is C26H34N3O2+. The molecule has 31 heavy (non-hydrogen) atoms. The van der Waals surface area contributed by atoms with Crippen LogP contribution in [0.5, 0.6) is 5.75 Å². The van der Waals surface area contributed by atoms with Gasteiger partial charge in [0.1, 0.15) is 5.75 Å². The fourth-order valence-corrected chi connectivity index (χ4v) is 4.69. The van der Waals surface area contributed by atoms with Gasteiger partial charge in [-0.1, -0.05) is 49.6 Å². The zero-order chi connectivity index (χ0) is 21.6. The number of methoxy groups -OCH3 is 1. The summed E-state index contributed by atoms with van der Waals surface area (Å²) in [5.74, 6) is 1.18. The Labute approximate surface area is 184 Å². The summed E-state index contributed by atoms with van der Waals surface area (Å²) in [5.41, 5.74) is 3.62. The monoisotopic (exact) mass is 420 g/mol. The van der Waals surface area contributed by atoms with Gasteiger partial charge in [-0.05, 0) is 49.1 Å². The molecule has 3 aromatic rings. The third-order valence-electron chi connectivity index (χ3n) is 6.61. The van der Waals surface area contributed by atoms with Crippen molar-refractivity contribution in [2.75, 3.05) is 13.7 Å². The van der Waals surface area contributed by atoms with Gasteiger partial charge >= 0.3 is 0 Å². The number of rotatable bonds is 8. The first-order chi connectivity index (χ1) is 15.2. The van der Waals surface area contributed by atoms with Gasteiger partial charge in [0.2, 0.25) is 0 Å². The highest BCUT2D eigenvalue weighted by molar-refractivity contribution is 5.84. The summed E-state index contributed by atoms with van der Waals surface area (Å²) < 4.78 is 5.34. The second-order valence-electron chi connectivity index (χ2n) is 8.72. The molecule has 1 aromatic heterocycles. The number of amides is 1. The molecule has 1 aliphatic carbocycles. The number of aromatic amines is 1. The summed E-state index contributed by atoms with van der Waals surface area (Å²) in [7, 11) is 1.69. The molecule has 1 amide bonds. The van der Waals surface area contributed by atoms with Crippen LogP contribution in [0.1, 0.15) is 56.1 Å². The first kappa shape index (κ1) is 21.4. The van der Waals surface area contributed by atoms with Crippen LogP contribution < -0.4 is 15.4 Å². The average Bonchev–Trinajstić information content (AvgIpc) is 3.24. The Morgan fingerprint density at radius 2 is 1.87 bits per heavy atom. The van der Waals surface area contributed by atoms with Crippen molar-refractivity contribution in [2.24, 2.45) is 0 Å². The van der Waals surface area contributed by atoms with Crippen LogP contribution in [-0.2, 0) is 4.79 Å². The second-order valence-corrected chi connectivity index (χ2v) is 8.72. The van der Waals surface area contributed by atoms with Gasteiger partial charge in [-0.15, -0.1) is 0 Å². The van der Waals surface area contributed by atoms with Gasteiger partial charge < -0.3 is 20.4 Å². The number of H-pyrrole nitrogens is 1. The van der Waals surface area contributed by atoms with E-state index in [4.69, 9.17) is 4.74 Å². The minimum Gasteiger partial charge on any atom is -0.497 e. The number of benzene rings is 2. The van der Waals surface area contributed by atoms with Crippen LogP contribution in [0.25, 0.3) is 10.9 Å². The Morgan fingerprint density at radius 1 is 1.13 bits per heavy atom. The highest BCUT2D eigenvalue weighted by Gasteiger charge is 2.25. The Kier molecular flexibility index (Phi) is 6.92. The molecule has 0 saturated heterocycles. The Hall–Kier alpha value is -2.79. The second kappa shape index (κ2) is 10.0. The molecule has 5 heteroatoms. The van der Waals surface area contributed by atoms with E-state index in [0.29, 0.717) is 6.04 Å². The summed E-state index contributed by atoms with van der Waals surface area (Å²) in [4.78, 5) is 16.2. The van der Waals surface area contributed by atoms with Crippen molar-refractivity contribution in [3.63, 3.8) is 0 Å². The zero-order valence-electron chi connectivity index (χ0n) is 18.6. The Bertz CT molecular complexity index is 989. The average molecular weight is 421 g/mol. The molecule has 0 unspecified atom stereocenters. The third kappa shape index (κ3) is 5.10. The van der Waals surface area contributed by atoms with E-state index in [2.05, 4.69) is 58.2 Å². The summed E-state index contributed by atoms with van der Waals surface area (Å²) in [6.07, 6.45) is 8.08. The molecule has 0 bridgehead atoms. The molecule has 4 N–H and O–H groups in total. The lowest BCUT2D eigenvalue weighted by atomic mass is 9.90. The van der Waals surface area contributed by atoms with Crippen LogP contribution in [0.3, 0.4) is 0 Å². The fraction of sp³-hybridized carbons (Fsp3) is 0.423. The van der Waals surface area contributed by atoms with E-state index >= 15 is 0 Å². The summed E-state index contributed by atoms with van der Waals surface area (Å²) in [6, 6.07) is 16.9. The number of hydrogen-bond donors (Lipinski definition) is 3. The van der Waals surface area contributed by atoms with Crippen molar-refractivity contribution in [3.05, 3.63) is 65.9 Å². The lowest BCUT2D eigenvalue weighted by Gasteiger charge is -2.24. The summed E-state index contributed by atoms with van der Waals surface area (Å²) in [6.45, 7) is 2.81. The highest BCUT2D eigenvalue weighted by atomic mass is 16.5. The normalized spacial score (nSPS) is 16.7. The summed E-state index contributed by atoms with van der Waals surface area (Å²) >= 11 is 0. The van der Waals surface area contributed by atoms with Gasteiger partial charge in [0.05, 0.1) is 19.6 Å². The molecule has 2 aromatic carbocycles. The number of fused-ring (bicyclic) bond motifs is 1. The predicted octanol–water partition coefficient (Wildman–Crippen LogP) is 3.71. The van der Waals surface area contributed by atoms with E-state index in [0.717, 1.165) is 30.7 Å². The largest absolute Gasteiger partial charge is 0.497 e. The molecule has 0 radical (unpaired) electrons. The number of nitrogens with two attached hydrogens (primary N) is 1. The minimum absolute atomic E-state index is 0.118. The molecule has 1 heterocycles. The Balaban J connectivity index is 1.51. The van der Waals surface area contributed by atoms with Crippen LogP contribution in [0, 0.1) is 0 Å². The third-order valence-corrected chi connectivity index (χ3v) is 6.61. The molecule has 164 valence electrons. The van der Waals surface area contributed by atoms with E-state index in [1.54, 1.807) is 7.11 Å². The Morgan fingerprint density at radius 3 is 2.61 bits per heavy atom. The standard InChI is InChI=1S/C26H33N3O2/c1-18(26(30)29-20-8-4-3-5-9-20)27-16-23(19-12-14-21(31-2)15-13-19)24-17-28-25-11-7-6-10-22(24)25/h6-7,10-15,17-18,20,23,27-28H,3-5,8-9,16H2,1-2H3,(H,29,30)/p+1/t18-,23-/m0/s1. The van der Waals surface area contributed by atoms with E-state index in [-0.39, 0.29) is 17.9 Å². The first-order valence-electron chi connectivity index (χ1n) is 11.5. The van der Waals surface area contributed by atoms with E-state index in [9.17, 15) is 4.79 Å². The maximum Gasteiger partial charge on any atom is 0.278 e. The number of quaternary nitrogens is 1. The maximum absolute atomic E-state index is 12.8. The predicted molar refractivity (Wildman–Crippen MR) is 124 cm³/mol. The smallest absolute Gasteiger partial charge is 0.278 e. The molecule has 4 rings (SSSR count). The molecule has 0 spiro atoms. The number of para-hydroxylation sites is 1. The minimum atomic E-state index is -0.118. The number of ether oxygens (including phenoxy) is 1. The quantitative estimate of drug-likeness (QED) is 0.520. The van der Waals surface area contributed by atoms with Gasteiger partial charge in [-0.25, -0.2) is 0 Å². The molecule has 5 nitrogen and oxygen atoms in total. The van der Waals surface area contributed by atoms with E-state index < -0.39 is 0 Å². The topological polar surface area (TPSA) is 70.7 Å². The van der Waals surface area contributed by atoms with Gasteiger partial charge in [0.25, 0.3) is 5.91 Å². The van der Waals surface area contributed by atoms with Crippen LogP contribution >= 0.6 is 0 Å². The zero-order valence-corrected chi connectivity index (χ0v) is 18.6. The van der Waals surface area contributed by atoms with Crippen molar-refractivity contribution in [2.45, 2.75) is 57.0 Å². The lowest BCUT2D eigenvalue weighted by molar-refractivity contribution is -0.674. The van der Waals surface area contributed by atoms with Crippen LogP contribution in [0.2, 0.25) is 0 Å². The summed E-state index contributed by atoms with van der Waals surface area (Å²) in [5, 5.41) is 6.68. The van der Waals surface area contributed by atoms with Crippen molar-refractivity contribution < 1.29 is 14.8 Å². The number of carbonyl (C=O) groups excluding carboxylic acids is 1. The number of nitrogens with one attached hydrogen (secondary N) is 2. The van der Waals surface area contributed by atoms with Crippen LogP contribution in [0.15, 0.2) is 54.7 Å². The molecule has 0 aliphatic heterocycles. The van der Waals surface area contributed by atoms with Gasteiger partial charge in [-0.3, -0.25) is 4.79 Å². The SMILES string of the molecule is COc1ccc([C@H](C[NH2+][C@@H](C)C(=O)NC2CCCCC2)c2c[nH]c3ccccc23)cc1. The van der Waals surface area contributed by atoms with E-state index in [1.807, 2.05) is 19.1 Å². The van der Waals surface area contributed by atoms with Crippen LogP contribution in [0.4, 0.5) is 0 Å². The van der Waals surface area contributed by atoms with Gasteiger partial charge in [0, 0.05) is 23.1 Å². The van der Waals surface area contributed by atoms with Crippen molar-refractivity contribution in [3.8, 4) is 5.75 Å². The highest BCUT2D eigenvalue weighted by Crippen LogP contribution is 2.30. The number of aromatic nitrogens is 1. The molecule has 1 aliphatic rings. The molecule has 1 fully saturated rings. The van der Waals surface area contributed by atoms with Gasteiger partial charge in [-0.2, -0.15) is 0 Å². The number of hydrogen-bond acceptors (Lipinski definition) is 2. The van der Waals surface area contributed by atoms with Crippen LogP contribution in [-0.4, -0.2) is 36.6 Å². The first-order valence-corrected chi connectivity index (χ1v) is 11.5. The molecular weight excluding hydrogens is 386 g/mol. The lowest BCUT2D eigenvalue weighted by Crippen LogP contribution is -2.92. The number of carbonyl (C=O) groups is 1. The van der Waals surface area contributed by atoms with Gasteiger partial charge in [0.15, 0.2) is 6.04 Å². The van der Waals surface area contributed by atoms with Crippen molar-refractivity contribution >= 4 is 16.8 Å². The van der Waals surface area contributed by atoms with E-state index in [1.165, 1.54) is 35.8 Å². The molecule has 1 saturated carbocycles. The fourth-order valence-electron chi connectivity index (χ4n) is 4.69. The maximum atomic E-state index is 12.8. The van der Waals surface area contributed by atoms with Crippen molar-refractivity contribution in [1.82, 2.24) is 10.3 Å². The molecule has 2 atom stereocenters.